The van der Waals surface area contributed by atoms with Gasteiger partial charge >= 0.3 is 0 Å². The molecule has 4 fully saturated rings. The van der Waals surface area contributed by atoms with Crippen molar-refractivity contribution in [3.05, 3.63) is 11.6 Å². The molecular weight excluding hydrogens is 284 g/mol. The summed E-state index contributed by atoms with van der Waals surface area (Å²) in [5.74, 6) is 3.18. The summed E-state index contributed by atoms with van der Waals surface area (Å²) in [5.41, 5.74) is 2.30. The standard InChI is InChI=1S/C21H30O2/c1-12-8-17-15(19(2)6-4-14(22)10-16(12)19)5-7-20(3)18(23)9-13-11-21(13,17)20/h10,12-13,15,17-18,23H,4-9,11H2,1-3H3/t12-,13+,15-,17+,18-,19+,20+,21-/m0/s1. The van der Waals surface area contributed by atoms with Crippen molar-refractivity contribution in [2.24, 2.45) is 39.9 Å². The lowest BCUT2D eigenvalue weighted by molar-refractivity contribution is -0.122. The highest BCUT2D eigenvalue weighted by atomic mass is 16.3. The first-order valence-electron chi connectivity index (χ1n) is 9.76. The number of hydrogen-bond donors (Lipinski definition) is 1. The van der Waals surface area contributed by atoms with Crippen LogP contribution in [0.2, 0.25) is 0 Å². The summed E-state index contributed by atoms with van der Waals surface area (Å²) in [6.07, 6.45) is 9.85. The van der Waals surface area contributed by atoms with Crippen molar-refractivity contribution in [1.29, 1.82) is 0 Å². The molecule has 5 rings (SSSR count). The fraction of sp³-hybridized carbons (Fsp3) is 0.857. The van der Waals surface area contributed by atoms with Crippen LogP contribution >= 0.6 is 0 Å². The summed E-state index contributed by atoms with van der Waals surface area (Å²) in [7, 11) is 0. The van der Waals surface area contributed by atoms with E-state index in [4.69, 9.17) is 0 Å². The number of ketones is 1. The SMILES string of the molecule is C[C@H]1C[C@@H]2[C@H](CC[C@]3(C)[C@@H](O)C[C@@H]4C[C@]423)[C@@]2(C)CCC(=O)C=C12. The van der Waals surface area contributed by atoms with Gasteiger partial charge in [0.15, 0.2) is 5.78 Å². The molecular formula is C21H30O2. The van der Waals surface area contributed by atoms with Crippen LogP contribution in [0.25, 0.3) is 0 Å². The van der Waals surface area contributed by atoms with Crippen LogP contribution in [0.5, 0.6) is 0 Å². The molecule has 23 heavy (non-hydrogen) atoms. The van der Waals surface area contributed by atoms with Gasteiger partial charge in [-0.25, -0.2) is 0 Å². The molecule has 126 valence electrons. The average Bonchev–Trinajstić information content (AvgIpc) is 3.16. The lowest BCUT2D eigenvalue weighted by atomic mass is 9.44. The van der Waals surface area contributed by atoms with Gasteiger partial charge in [-0.05, 0) is 84.5 Å². The van der Waals surface area contributed by atoms with Crippen LogP contribution in [0.3, 0.4) is 0 Å². The van der Waals surface area contributed by atoms with Gasteiger partial charge in [0.05, 0.1) is 6.10 Å². The highest BCUT2D eigenvalue weighted by molar-refractivity contribution is 5.91. The van der Waals surface area contributed by atoms with Crippen LogP contribution in [-0.4, -0.2) is 17.0 Å². The van der Waals surface area contributed by atoms with Gasteiger partial charge in [-0.3, -0.25) is 4.79 Å². The Morgan fingerprint density at radius 3 is 2.74 bits per heavy atom. The lowest BCUT2D eigenvalue weighted by Gasteiger charge is -2.60. The smallest absolute Gasteiger partial charge is 0.155 e. The van der Waals surface area contributed by atoms with Gasteiger partial charge in [-0.2, -0.15) is 0 Å². The molecule has 0 unspecified atom stereocenters. The van der Waals surface area contributed by atoms with Crippen LogP contribution in [0.1, 0.15) is 65.7 Å². The number of fused-ring (bicyclic) bond motifs is 3. The lowest BCUT2D eigenvalue weighted by Crippen LogP contribution is -2.55. The molecule has 5 aliphatic rings. The highest BCUT2D eigenvalue weighted by Gasteiger charge is 2.78. The summed E-state index contributed by atoms with van der Waals surface area (Å²) in [6, 6.07) is 0. The van der Waals surface area contributed by atoms with Crippen molar-refractivity contribution in [3.8, 4) is 0 Å². The Hall–Kier alpha value is -0.630. The fourth-order valence-electron chi connectivity index (χ4n) is 8.16. The Kier molecular flexibility index (Phi) is 2.63. The molecule has 1 N–H and O–H groups in total. The molecule has 4 saturated carbocycles. The molecule has 0 bridgehead atoms. The zero-order chi connectivity index (χ0) is 16.2. The van der Waals surface area contributed by atoms with Crippen LogP contribution in [0, 0.1) is 39.9 Å². The van der Waals surface area contributed by atoms with E-state index in [1.807, 2.05) is 6.08 Å². The van der Waals surface area contributed by atoms with Gasteiger partial charge < -0.3 is 5.11 Å². The second kappa shape index (κ2) is 4.12. The van der Waals surface area contributed by atoms with E-state index < -0.39 is 0 Å². The summed E-state index contributed by atoms with van der Waals surface area (Å²) in [5, 5.41) is 10.7. The largest absolute Gasteiger partial charge is 0.393 e. The zero-order valence-corrected chi connectivity index (χ0v) is 14.8. The quantitative estimate of drug-likeness (QED) is 0.730. The van der Waals surface area contributed by atoms with Gasteiger partial charge in [0, 0.05) is 6.42 Å². The van der Waals surface area contributed by atoms with E-state index >= 15 is 0 Å². The molecule has 0 aliphatic heterocycles. The molecule has 0 saturated heterocycles. The van der Waals surface area contributed by atoms with E-state index in [1.165, 1.54) is 31.3 Å². The van der Waals surface area contributed by atoms with Crippen LogP contribution in [0.4, 0.5) is 0 Å². The van der Waals surface area contributed by atoms with E-state index in [9.17, 15) is 9.90 Å². The summed E-state index contributed by atoms with van der Waals surface area (Å²) >= 11 is 0. The van der Waals surface area contributed by atoms with Gasteiger partial charge in [-0.15, -0.1) is 0 Å². The predicted octanol–water partition coefficient (Wildman–Crippen LogP) is 4.13. The van der Waals surface area contributed by atoms with Gasteiger partial charge in [0.25, 0.3) is 0 Å². The minimum Gasteiger partial charge on any atom is -0.393 e. The molecule has 0 radical (unpaired) electrons. The third kappa shape index (κ3) is 1.49. The Labute approximate surface area is 139 Å². The highest BCUT2D eigenvalue weighted by Crippen LogP contribution is 2.82. The monoisotopic (exact) mass is 314 g/mol. The van der Waals surface area contributed by atoms with Gasteiger partial charge in [-0.1, -0.05) is 26.3 Å². The maximum atomic E-state index is 12.0. The number of aliphatic hydroxyl groups excluding tert-OH is 1. The second-order valence-electron chi connectivity index (χ2n) is 9.98. The van der Waals surface area contributed by atoms with E-state index in [-0.39, 0.29) is 16.9 Å². The maximum Gasteiger partial charge on any atom is 0.155 e. The Balaban J connectivity index is 1.60. The minimum absolute atomic E-state index is 0.0739. The molecule has 0 amide bonds. The zero-order valence-electron chi connectivity index (χ0n) is 14.8. The van der Waals surface area contributed by atoms with E-state index in [0.29, 0.717) is 17.1 Å². The summed E-state index contributed by atoms with van der Waals surface area (Å²) in [6.45, 7) is 7.20. The summed E-state index contributed by atoms with van der Waals surface area (Å²) < 4.78 is 0. The molecule has 0 aromatic rings. The molecule has 0 heterocycles. The summed E-state index contributed by atoms with van der Waals surface area (Å²) in [4.78, 5) is 12.0. The van der Waals surface area contributed by atoms with E-state index in [2.05, 4.69) is 20.8 Å². The number of aliphatic hydroxyl groups is 1. The second-order valence-corrected chi connectivity index (χ2v) is 9.98. The van der Waals surface area contributed by atoms with Crippen LogP contribution in [0.15, 0.2) is 11.6 Å². The van der Waals surface area contributed by atoms with Crippen molar-refractivity contribution in [3.63, 3.8) is 0 Å². The third-order valence-electron chi connectivity index (χ3n) is 9.40. The normalized spacial score (nSPS) is 60.3. The number of carbonyl (C=O) groups is 1. The molecule has 8 atom stereocenters. The van der Waals surface area contributed by atoms with Crippen molar-refractivity contribution < 1.29 is 9.90 Å². The van der Waals surface area contributed by atoms with Crippen molar-refractivity contribution >= 4 is 5.78 Å². The van der Waals surface area contributed by atoms with Crippen molar-refractivity contribution in [2.75, 3.05) is 0 Å². The number of hydrogen-bond acceptors (Lipinski definition) is 2. The molecule has 2 nitrogen and oxygen atoms in total. The fourth-order valence-corrected chi connectivity index (χ4v) is 8.16. The van der Waals surface area contributed by atoms with Crippen molar-refractivity contribution in [2.45, 2.75) is 71.8 Å². The molecule has 0 aromatic carbocycles. The number of rotatable bonds is 0. The van der Waals surface area contributed by atoms with Crippen LogP contribution in [-0.2, 0) is 4.79 Å². The van der Waals surface area contributed by atoms with Crippen molar-refractivity contribution in [1.82, 2.24) is 0 Å². The average molecular weight is 314 g/mol. The first-order chi connectivity index (χ1) is 10.8. The maximum absolute atomic E-state index is 12.0. The van der Waals surface area contributed by atoms with Gasteiger partial charge in [0.2, 0.25) is 0 Å². The minimum atomic E-state index is -0.0739. The first kappa shape index (κ1) is 14.7. The molecule has 0 aromatic heterocycles. The molecule has 1 spiro atoms. The van der Waals surface area contributed by atoms with Gasteiger partial charge in [0.1, 0.15) is 0 Å². The van der Waals surface area contributed by atoms with Crippen LogP contribution < -0.4 is 0 Å². The molecule has 2 heteroatoms. The topological polar surface area (TPSA) is 37.3 Å². The molecule has 5 aliphatic carbocycles. The Morgan fingerprint density at radius 1 is 1.17 bits per heavy atom. The van der Waals surface area contributed by atoms with E-state index in [0.717, 1.165) is 37.0 Å². The third-order valence-corrected chi connectivity index (χ3v) is 9.40. The predicted molar refractivity (Wildman–Crippen MR) is 89.7 cm³/mol. The number of carbonyl (C=O) groups excluding carboxylic acids is 1. The first-order valence-corrected chi connectivity index (χ1v) is 9.76. The number of allylic oxidation sites excluding steroid dienone is 1. The van der Waals surface area contributed by atoms with E-state index in [1.54, 1.807) is 0 Å². The Bertz CT molecular complexity index is 621. The Morgan fingerprint density at radius 2 is 1.96 bits per heavy atom.